The van der Waals surface area contributed by atoms with Crippen LogP contribution in [0.5, 0.6) is 11.5 Å². The molecule has 2 aromatic carbocycles. The van der Waals surface area contributed by atoms with Gasteiger partial charge in [0, 0.05) is 31.7 Å². The second-order valence-electron chi connectivity index (χ2n) is 6.03. The van der Waals surface area contributed by atoms with Gasteiger partial charge in [0.05, 0.1) is 19.4 Å². The fraction of sp³-hybridized carbons (Fsp3) is 0.350. The molecule has 1 saturated heterocycles. The minimum atomic E-state index is -0.233. The Kier molecular flexibility index (Phi) is 5.61. The van der Waals surface area contributed by atoms with Gasteiger partial charge in [0.1, 0.15) is 5.82 Å². The van der Waals surface area contributed by atoms with E-state index >= 15 is 0 Å². The van der Waals surface area contributed by atoms with E-state index in [-0.39, 0.29) is 11.7 Å². The molecule has 0 saturated carbocycles. The summed E-state index contributed by atoms with van der Waals surface area (Å²) >= 11 is 0. The number of anilines is 1. The largest absolute Gasteiger partial charge is 0.493 e. The van der Waals surface area contributed by atoms with E-state index in [0.717, 1.165) is 0 Å². The van der Waals surface area contributed by atoms with E-state index in [0.29, 0.717) is 55.5 Å². The molecule has 1 heterocycles. The molecule has 1 aliphatic rings. The summed E-state index contributed by atoms with van der Waals surface area (Å²) in [4.78, 5) is 16.5. The Bertz CT molecular complexity index is 773. The van der Waals surface area contributed by atoms with Gasteiger partial charge in [-0.1, -0.05) is 12.1 Å². The minimum Gasteiger partial charge on any atom is -0.493 e. The molecule has 26 heavy (non-hydrogen) atoms. The van der Waals surface area contributed by atoms with Crippen LogP contribution in [0, 0.1) is 5.82 Å². The second-order valence-corrected chi connectivity index (χ2v) is 6.03. The predicted octanol–water partition coefficient (Wildman–Crippen LogP) is 3.20. The SMILES string of the molecule is CCOc1ccc(C(=O)N2CCN(c3ccccc3F)CC2)cc1OC. The van der Waals surface area contributed by atoms with Crippen LogP contribution in [-0.2, 0) is 0 Å². The number of piperazine rings is 1. The van der Waals surface area contributed by atoms with Gasteiger partial charge >= 0.3 is 0 Å². The van der Waals surface area contributed by atoms with E-state index in [1.807, 2.05) is 17.9 Å². The Morgan fingerprint density at radius 3 is 2.46 bits per heavy atom. The molecule has 0 unspecified atom stereocenters. The van der Waals surface area contributed by atoms with Crippen molar-refractivity contribution in [2.75, 3.05) is 44.8 Å². The van der Waals surface area contributed by atoms with E-state index in [1.54, 1.807) is 42.3 Å². The Hall–Kier alpha value is -2.76. The van der Waals surface area contributed by atoms with Gasteiger partial charge in [0.25, 0.3) is 5.91 Å². The first-order valence-corrected chi connectivity index (χ1v) is 8.73. The molecule has 0 atom stereocenters. The topological polar surface area (TPSA) is 42.0 Å². The highest BCUT2D eigenvalue weighted by atomic mass is 19.1. The van der Waals surface area contributed by atoms with Crippen molar-refractivity contribution in [3.05, 3.63) is 53.8 Å². The average molecular weight is 358 g/mol. The van der Waals surface area contributed by atoms with Crippen molar-refractivity contribution in [1.29, 1.82) is 0 Å². The van der Waals surface area contributed by atoms with Gasteiger partial charge in [-0.25, -0.2) is 4.39 Å². The molecule has 3 rings (SSSR count). The maximum atomic E-state index is 13.9. The van der Waals surface area contributed by atoms with Gasteiger partial charge in [0.15, 0.2) is 11.5 Å². The summed E-state index contributed by atoms with van der Waals surface area (Å²) in [6, 6.07) is 11.9. The lowest BCUT2D eigenvalue weighted by Crippen LogP contribution is -2.49. The quantitative estimate of drug-likeness (QED) is 0.823. The molecule has 1 fully saturated rings. The fourth-order valence-electron chi connectivity index (χ4n) is 3.12. The van der Waals surface area contributed by atoms with Gasteiger partial charge in [-0.05, 0) is 37.3 Å². The number of nitrogens with zero attached hydrogens (tertiary/aromatic N) is 2. The molecule has 2 aromatic rings. The molecule has 0 aromatic heterocycles. The number of para-hydroxylation sites is 1. The third-order valence-electron chi connectivity index (χ3n) is 4.47. The lowest BCUT2D eigenvalue weighted by Gasteiger charge is -2.36. The number of amides is 1. The van der Waals surface area contributed by atoms with Crippen LogP contribution in [0.25, 0.3) is 0 Å². The van der Waals surface area contributed by atoms with Crippen LogP contribution in [-0.4, -0.2) is 50.7 Å². The zero-order valence-corrected chi connectivity index (χ0v) is 15.1. The number of carbonyl (C=O) groups excluding carboxylic acids is 1. The number of ether oxygens (including phenoxy) is 2. The average Bonchev–Trinajstić information content (AvgIpc) is 2.68. The van der Waals surface area contributed by atoms with Gasteiger partial charge in [-0.2, -0.15) is 0 Å². The molecule has 0 aliphatic carbocycles. The van der Waals surface area contributed by atoms with Gasteiger partial charge in [-0.15, -0.1) is 0 Å². The third-order valence-corrected chi connectivity index (χ3v) is 4.47. The van der Waals surface area contributed by atoms with Crippen LogP contribution < -0.4 is 14.4 Å². The highest BCUT2D eigenvalue weighted by Gasteiger charge is 2.24. The summed E-state index contributed by atoms with van der Waals surface area (Å²) < 4.78 is 24.7. The molecular weight excluding hydrogens is 335 g/mol. The molecule has 0 spiro atoms. The number of hydrogen-bond acceptors (Lipinski definition) is 4. The molecule has 138 valence electrons. The maximum absolute atomic E-state index is 13.9. The highest BCUT2D eigenvalue weighted by Crippen LogP contribution is 2.29. The second kappa shape index (κ2) is 8.08. The number of carbonyl (C=O) groups is 1. The van der Waals surface area contributed by atoms with Gasteiger partial charge in [-0.3, -0.25) is 4.79 Å². The molecule has 0 N–H and O–H groups in total. The van der Waals surface area contributed by atoms with E-state index in [1.165, 1.54) is 6.07 Å². The normalized spacial score (nSPS) is 14.3. The Labute approximate surface area is 152 Å². The standard InChI is InChI=1S/C20H23FN2O3/c1-3-26-18-9-8-15(14-19(18)25-2)20(24)23-12-10-22(11-13-23)17-7-5-4-6-16(17)21/h4-9,14H,3,10-13H2,1-2H3. The summed E-state index contributed by atoms with van der Waals surface area (Å²) in [5.41, 5.74) is 1.15. The molecular formula is C20H23FN2O3. The van der Waals surface area contributed by atoms with E-state index in [4.69, 9.17) is 9.47 Å². The third kappa shape index (κ3) is 3.74. The number of benzene rings is 2. The maximum Gasteiger partial charge on any atom is 0.254 e. The van der Waals surface area contributed by atoms with E-state index in [9.17, 15) is 9.18 Å². The fourth-order valence-corrected chi connectivity index (χ4v) is 3.12. The van der Waals surface area contributed by atoms with E-state index in [2.05, 4.69) is 0 Å². The summed E-state index contributed by atoms with van der Waals surface area (Å²) in [5.74, 6) is 0.877. The van der Waals surface area contributed by atoms with Crippen molar-refractivity contribution < 1.29 is 18.7 Å². The van der Waals surface area contributed by atoms with Gasteiger partial charge < -0.3 is 19.3 Å². The van der Waals surface area contributed by atoms with E-state index < -0.39 is 0 Å². The first-order chi connectivity index (χ1) is 12.6. The Balaban J connectivity index is 1.68. The molecule has 1 amide bonds. The van der Waals surface area contributed by atoms with Crippen molar-refractivity contribution in [2.45, 2.75) is 6.92 Å². The first-order valence-electron chi connectivity index (χ1n) is 8.73. The first kappa shape index (κ1) is 18.0. The summed E-state index contributed by atoms with van der Waals surface area (Å²) in [7, 11) is 1.55. The van der Waals surface area contributed by atoms with Gasteiger partial charge in [0.2, 0.25) is 0 Å². The molecule has 5 nitrogen and oxygen atoms in total. The Morgan fingerprint density at radius 1 is 1.08 bits per heavy atom. The zero-order chi connectivity index (χ0) is 18.5. The van der Waals surface area contributed by atoms with Crippen LogP contribution in [0.15, 0.2) is 42.5 Å². The smallest absolute Gasteiger partial charge is 0.254 e. The summed E-state index contributed by atoms with van der Waals surface area (Å²) in [6.45, 7) is 4.71. The minimum absolute atomic E-state index is 0.0560. The lowest BCUT2D eigenvalue weighted by molar-refractivity contribution is 0.0746. The van der Waals surface area contributed by atoms with Crippen LogP contribution in [0.3, 0.4) is 0 Å². The van der Waals surface area contributed by atoms with Crippen molar-refractivity contribution in [3.63, 3.8) is 0 Å². The number of rotatable bonds is 5. The van der Waals surface area contributed by atoms with Crippen molar-refractivity contribution in [1.82, 2.24) is 4.90 Å². The lowest BCUT2D eigenvalue weighted by atomic mass is 10.1. The van der Waals surface area contributed by atoms with Crippen LogP contribution in [0.1, 0.15) is 17.3 Å². The highest BCUT2D eigenvalue weighted by molar-refractivity contribution is 5.95. The molecule has 6 heteroatoms. The monoisotopic (exact) mass is 358 g/mol. The van der Waals surface area contributed by atoms with Crippen LogP contribution in [0.2, 0.25) is 0 Å². The molecule has 1 aliphatic heterocycles. The van der Waals surface area contributed by atoms with Crippen LogP contribution >= 0.6 is 0 Å². The zero-order valence-electron chi connectivity index (χ0n) is 15.1. The predicted molar refractivity (Wildman–Crippen MR) is 98.7 cm³/mol. The summed E-state index contributed by atoms with van der Waals surface area (Å²) in [5, 5.41) is 0. The van der Waals surface area contributed by atoms with Crippen molar-refractivity contribution >= 4 is 11.6 Å². The number of halogens is 1. The number of methoxy groups -OCH3 is 1. The van der Waals surface area contributed by atoms with Crippen LogP contribution in [0.4, 0.5) is 10.1 Å². The molecule has 0 bridgehead atoms. The number of hydrogen-bond donors (Lipinski definition) is 0. The Morgan fingerprint density at radius 2 is 1.81 bits per heavy atom. The van der Waals surface area contributed by atoms with Crippen molar-refractivity contribution in [2.24, 2.45) is 0 Å². The summed E-state index contributed by atoms with van der Waals surface area (Å²) in [6.07, 6.45) is 0. The molecule has 0 radical (unpaired) electrons. The van der Waals surface area contributed by atoms with Crippen molar-refractivity contribution in [3.8, 4) is 11.5 Å².